The molecule has 1 aromatic rings. The number of aryl methyl sites for hydroxylation is 1. The minimum absolute atomic E-state index is 0.150. The average Bonchev–Trinajstić information content (AvgIpc) is 2.96. The van der Waals surface area contributed by atoms with Crippen molar-refractivity contribution in [2.24, 2.45) is 11.3 Å². The van der Waals surface area contributed by atoms with Gasteiger partial charge in [0.1, 0.15) is 5.82 Å². The van der Waals surface area contributed by atoms with E-state index in [1.165, 1.54) is 6.07 Å². The first-order valence-corrected chi connectivity index (χ1v) is 9.41. The number of aliphatic carboxylic acids is 1. The molecule has 2 fully saturated rings. The van der Waals surface area contributed by atoms with Gasteiger partial charge in [0.25, 0.3) is 5.91 Å². The predicted octanol–water partition coefficient (Wildman–Crippen LogP) is 3.57. The van der Waals surface area contributed by atoms with Gasteiger partial charge >= 0.3 is 12.1 Å². The molecular formula is C20H26F4N2O3. The van der Waals surface area contributed by atoms with Gasteiger partial charge in [-0.3, -0.25) is 4.79 Å². The van der Waals surface area contributed by atoms with E-state index in [0.29, 0.717) is 5.92 Å². The first kappa shape index (κ1) is 23.1. The highest BCUT2D eigenvalue weighted by Gasteiger charge is 2.49. The number of alkyl halides is 3. The molecule has 2 aliphatic heterocycles. The van der Waals surface area contributed by atoms with Crippen molar-refractivity contribution in [2.75, 3.05) is 32.7 Å². The quantitative estimate of drug-likeness (QED) is 0.763. The Balaban J connectivity index is 0.000000370. The monoisotopic (exact) mass is 418 g/mol. The molecule has 9 heteroatoms. The van der Waals surface area contributed by atoms with Crippen LogP contribution in [0.5, 0.6) is 0 Å². The van der Waals surface area contributed by atoms with Gasteiger partial charge < -0.3 is 14.9 Å². The number of carboxylic acid groups (broad SMARTS) is 1. The van der Waals surface area contributed by atoms with E-state index in [4.69, 9.17) is 9.90 Å². The van der Waals surface area contributed by atoms with E-state index in [-0.39, 0.29) is 16.9 Å². The van der Waals surface area contributed by atoms with E-state index >= 15 is 0 Å². The molecule has 0 unspecified atom stereocenters. The summed E-state index contributed by atoms with van der Waals surface area (Å²) in [6, 6.07) is 4.82. The molecule has 0 saturated carbocycles. The van der Waals surface area contributed by atoms with E-state index in [9.17, 15) is 22.4 Å². The van der Waals surface area contributed by atoms with Crippen LogP contribution in [-0.4, -0.2) is 65.7 Å². The SMILES string of the molecule is Cc1cccc(F)c1C(=O)N1CC2(CCN(CC(C)C)C2)C1.O=C(O)C(F)(F)F. The maximum Gasteiger partial charge on any atom is 0.490 e. The number of carbonyl (C=O) groups is 2. The number of likely N-dealkylation sites (tertiary alicyclic amines) is 2. The maximum absolute atomic E-state index is 13.9. The highest BCUT2D eigenvalue weighted by Crippen LogP contribution is 2.40. The lowest BCUT2D eigenvalue weighted by Crippen LogP contribution is -2.59. The lowest BCUT2D eigenvalue weighted by atomic mass is 9.78. The molecule has 0 bridgehead atoms. The molecule has 2 heterocycles. The molecule has 162 valence electrons. The summed E-state index contributed by atoms with van der Waals surface area (Å²) in [5, 5.41) is 7.12. The molecule has 29 heavy (non-hydrogen) atoms. The number of hydrogen-bond donors (Lipinski definition) is 1. The molecule has 0 aliphatic carbocycles. The molecule has 0 atom stereocenters. The molecule has 1 amide bonds. The lowest BCUT2D eigenvalue weighted by Gasteiger charge is -2.48. The molecule has 2 saturated heterocycles. The molecule has 1 spiro atoms. The summed E-state index contributed by atoms with van der Waals surface area (Å²) < 4.78 is 45.7. The zero-order chi connectivity index (χ0) is 22.0. The second-order valence-electron chi connectivity index (χ2n) is 8.27. The third kappa shape index (κ3) is 5.68. The molecule has 3 rings (SSSR count). The van der Waals surface area contributed by atoms with Crippen molar-refractivity contribution >= 4 is 11.9 Å². The normalized spacial score (nSPS) is 18.4. The molecule has 2 aliphatic rings. The van der Waals surface area contributed by atoms with Crippen molar-refractivity contribution in [3.63, 3.8) is 0 Å². The largest absolute Gasteiger partial charge is 0.490 e. The van der Waals surface area contributed by atoms with Crippen LogP contribution in [0.1, 0.15) is 36.2 Å². The molecular weight excluding hydrogens is 392 g/mol. The average molecular weight is 418 g/mol. The Morgan fingerprint density at radius 1 is 1.21 bits per heavy atom. The first-order chi connectivity index (χ1) is 13.3. The van der Waals surface area contributed by atoms with Crippen molar-refractivity contribution in [1.29, 1.82) is 0 Å². The van der Waals surface area contributed by atoms with Crippen LogP contribution in [0, 0.1) is 24.1 Å². The second kappa shape index (κ2) is 8.69. The van der Waals surface area contributed by atoms with Crippen LogP contribution in [0.15, 0.2) is 18.2 Å². The minimum Gasteiger partial charge on any atom is -0.475 e. The van der Waals surface area contributed by atoms with Gasteiger partial charge in [0.2, 0.25) is 0 Å². The van der Waals surface area contributed by atoms with Crippen molar-refractivity contribution < 1.29 is 32.3 Å². The van der Waals surface area contributed by atoms with Crippen molar-refractivity contribution in [1.82, 2.24) is 9.80 Å². The Morgan fingerprint density at radius 3 is 2.28 bits per heavy atom. The number of carboxylic acids is 1. The van der Waals surface area contributed by atoms with Crippen LogP contribution in [0.2, 0.25) is 0 Å². The fraction of sp³-hybridized carbons (Fsp3) is 0.600. The number of nitrogens with zero attached hydrogens (tertiary/aromatic N) is 2. The molecule has 5 nitrogen and oxygen atoms in total. The van der Waals surface area contributed by atoms with E-state index < -0.39 is 18.0 Å². The first-order valence-electron chi connectivity index (χ1n) is 9.41. The summed E-state index contributed by atoms with van der Waals surface area (Å²) in [4.78, 5) is 25.7. The van der Waals surface area contributed by atoms with Crippen LogP contribution < -0.4 is 0 Å². The third-order valence-corrected chi connectivity index (χ3v) is 5.16. The van der Waals surface area contributed by atoms with Crippen LogP contribution in [0.3, 0.4) is 0 Å². The van der Waals surface area contributed by atoms with Gasteiger partial charge in [-0.15, -0.1) is 0 Å². The van der Waals surface area contributed by atoms with E-state index in [0.717, 1.165) is 44.7 Å². The predicted molar refractivity (Wildman–Crippen MR) is 99.1 cm³/mol. The van der Waals surface area contributed by atoms with E-state index in [1.807, 2.05) is 4.90 Å². The minimum atomic E-state index is -5.08. The Labute approximate surface area is 167 Å². The summed E-state index contributed by atoms with van der Waals surface area (Å²) in [5.41, 5.74) is 1.22. The molecule has 0 aromatic heterocycles. The summed E-state index contributed by atoms with van der Waals surface area (Å²) in [6.07, 6.45) is -3.93. The van der Waals surface area contributed by atoms with Gasteiger partial charge in [0, 0.05) is 31.6 Å². The summed E-state index contributed by atoms with van der Waals surface area (Å²) in [6.45, 7) is 11.1. The van der Waals surface area contributed by atoms with Gasteiger partial charge in [0.05, 0.1) is 5.56 Å². The zero-order valence-electron chi connectivity index (χ0n) is 16.7. The summed E-state index contributed by atoms with van der Waals surface area (Å²) in [5.74, 6) is -2.64. The van der Waals surface area contributed by atoms with Crippen molar-refractivity contribution in [3.05, 3.63) is 35.1 Å². The van der Waals surface area contributed by atoms with Gasteiger partial charge in [0.15, 0.2) is 0 Å². The van der Waals surface area contributed by atoms with Gasteiger partial charge in [-0.2, -0.15) is 13.2 Å². The highest BCUT2D eigenvalue weighted by molar-refractivity contribution is 5.96. The van der Waals surface area contributed by atoms with Crippen molar-refractivity contribution in [3.8, 4) is 0 Å². The second-order valence-corrected chi connectivity index (χ2v) is 8.27. The lowest BCUT2D eigenvalue weighted by molar-refractivity contribution is -0.192. The van der Waals surface area contributed by atoms with E-state index in [2.05, 4.69) is 18.7 Å². The number of halogens is 4. The molecule has 0 radical (unpaired) electrons. The number of carbonyl (C=O) groups excluding carboxylic acids is 1. The van der Waals surface area contributed by atoms with Crippen LogP contribution in [-0.2, 0) is 4.79 Å². The Bertz CT molecular complexity index is 738. The van der Waals surface area contributed by atoms with Crippen LogP contribution >= 0.6 is 0 Å². The standard InChI is InChI=1S/C18H25FN2O.C2HF3O2/c1-13(2)9-20-8-7-18(10-20)11-21(12-18)17(22)16-14(3)5-4-6-15(16)19;3-2(4,5)1(6)7/h4-6,13H,7-12H2,1-3H3;(H,6,7). The molecule has 1 N–H and O–H groups in total. The number of benzene rings is 1. The summed E-state index contributed by atoms with van der Waals surface area (Å²) in [7, 11) is 0. The Hall–Kier alpha value is -2.16. The third-order valence-electron chi connectivity index (χ3n) is 5.16. The van der Waals surface area contributed by atoms with Crippen LogP contribution in [0.25, 0.3) is 0 Å². The van der Waals surface area contributed by atoms with Gasteiger partial charge in [-0.1, -0.05) is 26.0 Å². The number of amides is 1. The number of rotatable bonds is 3. The smallest absolute Gasteiger partial charge is 0.475 e. The Kier molecular flexibility index (Phi) is 6.93. The van der Waals surface area contributed by atoms with E-state index in [1.54, 1.807) is 19.1 Å². The number of hydrogen-bond acceptors (Lipinski definition) is 3. The van der Waals surface area contributed by atoms with Crippen LogP contribution in [0.4, 0.5) is 17.6 Å². The Morgan fingerprint density at radius 2 is 1.79 bits per heavy atom. The fourth-order valence-electron chi connectivity index (χ4n) is 3.93. The maximum atomic E-state index is 13.9. The van der Waals surface area contributed by atoms with Gasteiger partial charge in [-0.05, 0) is 37.4 Å². The highest BCUT2D eigenvalue weighted by atomic mass is 19.4. The molecule has 1 aromatic carbocycles. The van der Waals surface area contributed by atoms with Gasteiger partial charge in [-0.25, -0.2) is 9.18 Å². The summed E-state index contributed by atoms with van der Waals surface area (Å²) >= 11 is 0. The zero-order valence-corrected chi connectivity index (χ0v) is 16.7. The van der Waals surface area contributed by atoms with Crippen molar-refractivity contribution in [2.45, 2.75) is 33.4 Å². The topological polar surface area (TPSA) is 60.9 Å². The fourth-order valence-corrected chi connectivity index (χ4v) is 3.93.